The standard InChI is InChI=1S/C21H30O13/c1-5-29-13-32-19(25)12-21(27)34-15(3)14(2)33-20(26)11-18(24)31-9-7-6-8-30-17(23)10-16(22)28-4/h6-7,14-15H,5,8-13H2,1-4H3/b7-6-. The van der Waals surface area contributed by atoms with Crippen molar-refractivity contribution in [1.82, 2.24) is 0 Å². The van der Waals surface area contributed by atoms with E-state index in [2.05, 4.69) is 9.47 Å². The fourth-order valence-electron chi connectivity index (χ4n) is 1.88. The summed E-state index contributed by atoms with van der Waals surface area (Å²) in [5.41, 5.74) is 0. The first kappa shape index (κ1) is 30.5. The molecule has 13 nitrogen and oxygen atoms in total. The minimum Gasteiger partial charge on any atom is -0.469 e. The Morgan fingerprint density at radius 1 is 0.647 bits per heavy atom. The molecule has 0 aromatic carbocycles. The largest absolute Gasteiger partial charge is 0.469 e. The van der Waals surface area contributed by atoms with Crippen LogP contribution in [0.1, 0.15) is 40.0 Å². The number of hydrogen-bond acceptors (Lipinski definition) is 13. The topological polar surface area (TPSA) is 167 Å². The molecule has 192 valence electrons. The molecule has 0 aliphatic carbocycles. The Kier molecular flexibility index (Phi) is 16.2. The molecule has 0 spiro atoms. The predicted molar refractivity (Wildman–Crippen MR) is 111 cm³/mol. The van der Waals surface area contributed by atoms with Crippen molar-refractivity contribution in [3.63, 3.8) is 0 Å². The third-order valence-electron chi connectivity index (χ3n) is 3.74. The fraction of sp³-hybridized carbons (Fsp3) is 0.619. The number of hydrogen-bond donors (Lipinski definition) is 0. The maximum Gasteiger partial charge on any atom is 0.319 e. The second-order valence-corrected chi connectivity index (χ2v) is 6.46. The van der Waals surface area contributed by atoms with Gasteiger partial charge in [0.05, 0.1) is 7.11 Å². The number of esters is 6. The summed E-state index contributed by atoms with van der Waals surface area (Å²) in [7, 11) is 1.14. The molecule has 0 heterocycles. The van der Waals surface area contributed by atoms with Gasteiger partial charge in [-0.25, -0.2) is 0 Å². The van der Waals surface area contributed by atoms with Gasteiger partial charge in [-0.05, 0) is 32.9 Å². The van der Waals surface area contributed by atoms with E-state index < -0.39 is 67.3 Å². The maximum absolute atomic E-state index is 11.8. The molecule has 0 aliphatic heterocycles. The lowest BCUT2D eigenvalue weighted by Gasteiger charge is -2.20. The molecule has 0 saturated heterocycles. The lowest BCUT2D eigenvalue weighted by molar-refractivity contribution is -0.172. The van der Waals surface area contributed by atoms with Gasteiger partial charge in [0, 0.05) is 6.61 Å². The molecule has 13 heteroatoms. The summed E-state index contributed by atoms with van der Waals surface area (Å²) < 4.78 is 33.3. The van der Waals surface area contributed by atoms with Crippen LogP contribution in [0, 0.1) is 0 Å². The Morgan fingerprint density at radius 3 is 1.47 bits per heavy atom. The first-order chi connectivity index (χ1) is 16.1. The van der Waals surface area contributed by atoms with E-state index in [1.54, 1.807) is 6.92 Å². The van der Waals surface area contributed by atoms with Crippen LogP contribution in [0.2, 0.25) is 0 Å². The summed E-state index contributed by atoms with van der Waals surface area (Å²) in [6.07, 6.45) is -0.873. The Bertz CT molecular complexity index is 728. The molecule has 0 saturated carbocycles. The highest BCUT2D eigenvalue weighted by molar-refractivity contribution is 5.92. The molecule has 0 fully saturated rings. The van der Waals surface area contributed by atoms with Crippen molar-refractivity contribution >= 4 is 35.8 Å². The van der Waals surface area contributed by atoms with E-state index in [1.807, 2.05) is 0 Å². The van der Waals surface area contributed by atoms with Crippen molar-refractivity contribution in [2.45, 2.75) is 52.2 Å². The van der Waals surface area contributed by atoms with Crippen LogP contribution in [0.4, 0.5) is 0 Å². The monoisotopic (exact) mass is 490 g/mol. The van der Waals surface area contributed by atoms with Crippen LogP contribution in [0.3, 0.4) is 0 Å². The van der Waals surface area contributed by atoms with Gasteiger partial charge in [-0.1, -0.05) is 0 Å². The van der Waals surface area contributed by atoms with Gasteiger partial charge < -0.3 is 33.2 Å². The van der Waals surface area contributed by atoms with Gasteiger partial charge in [-0.3, -0.25) is 28.8 Å². The normalized spacial score (nSPS) is 12.2. The zero-order valence-corrected chi connectivity index (χ0v) is 19.6. The summed E-state index contributed by atoms with van der Waals surface area (Å²) in [5, 5.41) is 0. The van der Waals surface area contributed by atoms with Gasteiger partial charge >= 0.3 is 35.8 Å². The summed E-state index contributed by atoms with van der Waals surface area (Å²) in [6.45, 7) is 4.34. The van der Waals surface area contributed by atoms with Crippen LogP contribution >= 0.6 is 0 Å². The highest BCUT2D eigenvalue weighted by atomic mass is 16.7. The fourth-order valence-corrected chi connectivity index (χ4v) is 1.88. The van der Waals surface area contributed by atoms with E-state index in [4.69, 9.17) is 23.7 Å². The summed E-state index contributed by atoms with van der Waals surface area (Å²) in [4.78, 5) is 68.7. The molecule has 0 amide bonds. The average Bonchev–Trinajstić information content (AvgIpc) is 2.75. The van der Waals surface area contributed by atoms with Crippen LogP contribution in [0.5, 0.6) is 0 Å². The van der Waals surface area contributed by atoms with Crippen molar-refractivity contribution in [2.24, 2.45) is 0 Å². The highest BCUT2D eigenvalue weighted by Gasteiger charge is 2.23. The van der Waals surface area contributed by atoms with Gasteiger partial charge in [0.25, 0.3) is 0 Å². The average molecular weight is 490 g/mol. The van der Waals surface area contributed by atoms with Crippen LogP contribution in [-0.4, -0.2) is 81.7 Å². The molecular formula is C21H30O13. The van der Waals surface area contributed by atoms with E-state index in [-0.39, 0.29) is 20.0 Å². The summed E-state index contributed by atoms with van der Waals surface area (Å²) in [5.74, 6) is -4.98. The predicted octanol–water partition coefficient (Wildman–Crippen LogP) is 0.373. The van der Waals surface area contributed by atoms with Crippen LogP contribution in [-0.2, 0) is 61.9 Å². The molecule has 0 rings (SSSR count). The van der Waals surface area contributed by atoms with E-state index in [0.717, 1.165) is 7.11 Å². The van der Waals surface area contributed by atoms with Crippen molar-refractivity contribution in [2.75, 3.05) is 33.7 Å². The molecular weight excluding hydrogens is 460 g/mol. The Balaban J connectivity index is 4.11. The van der Waals surface area contributed by atoms with Gasteiger partial charge in [-0.15, -0.1) is 0 Å². The maximum atomic E-state index is 11.8. The van der Waals surface area contributed by atoms with Crippen molar-refractivity contribution in [3.8, 4) is 0 Å². The minimum atomic E-state index is -0.905. The molecule has 0 aliphatic rings. The quantitative estimate of drug-likeness (QED) is 0.0727. The zero-order chi connectivity index (χ0) is 25.9. The van der Waals surface area contributed by atoms with E-state index in [1.165, 1.54) is 26.0 Å². The molecule has 0 aromatic heterocycles. The first-order valence-corrected chi connectivity index (χ1v) is 10.2. The minimum absolute atomic E-state index is 0.145. The van der Waals surface area contributed by atoms with E-state index in [0.29, 0.717) is 6.61 Å². The molecule has 0 aromatic rings. The highest BCUT2D eigenvalue weighted by Crippen LogP contribution is 2.07. The van der Waals surface area contributed by atoms with Gasteiger partial charge in [0.15, 0.2) is 6.79 Å². The van der Waals surface area contributed by atoms with Crippen LogP contribution in [0.15, 0.2) is 12.2 Å². The lowest BCUT2D eigenvalue weighted by atomic mass is 10.2. The van der Waals surface area contributed by atoms with Gasteiger partial charge in [0.1, 0.15) is 44.7 Å². The van der Waals surface area contributed by atoms with Crippen molar-refractivity contribution in [1.29, 1.82) is 0 Å². The third kappa shape index (κ3) is 16.2. The Labute approximate surface area is 196 Å². The molecule has 0 bridgehead atoms. The summed E-state index contributed by atoms with van der Waals surface area (Å²) in [6, 6.07) is 0. The van der Waals surface area contributed by atoms with Crippen molar-refractivity contribution < 1.29 is 61.9 Å². The number of carbonyl (C=O) groups excluding carboxylic acids is 6. The second kappa shape index (κ2) is 18.0. The van der Waals surface area contributed by atoms with Crippen molar-refractivity contribution in [3.05, 3.63) is 12.2 Å². The van der Waals surface area contributed by atoms with Gasteiger partial charge in [-0.2, -0.15) is 0 Å². The van der Waals surface area contributed by atoms with E-state index >= 15 is 0 Å². The van der Waals surface area contributed by atoms with E-state index in [9.17, 15) is 28.8 Å². The zero-order valence-electron chi connectivity index (χ0n) is 19.6. The van der Waals surface area contributed by atoms with Gasteiger partial charge in [0.2, 0.25) is 0 Å². The SMILES string of the molecule is CCOCOC(=O)CC(=O)OC(C)C(C)OC(=O)CC(=O)OC/C=C\COC(=O)CC(=O)OC. The first-order valence-electron chi connectivity index (χ1n) is 10.2. The summed E-state index contributed by atoms with van der Waals surface area (Å²) >= 11 is 0. The molecule has 2 unspecified atom stereocenters. The Hall–Kier alpha value is -3.48. The lowest BCUT2D eigenvalue weighted by Crippen LogP contribution is -2.32. The molecule has 2 atom stereocenters. The van der Waals surface area contributed by atoms with Crippen LogP contribution < -0.4 is 0 Å². The number of rotatable bonds is 16. The number of methoxy groups -OCH3 is 1. The number of ether oxygens (including phenoxy) is 7. The Morgan fingerprint density at radius 2 is 1.06 bits per heavy atom. The number of carbonyl (C=O) groups is 6. The second-order valence-electron chi connectivity index (χ2n) is 6.46. The van der Waals surface area contributed by atoms with Crippen LogP contribution in [0.25, 0.3) is 0 Å². The molecule has 34 heavy (non-hydrogen) atoms. The molecule has 0 radical (unpaired) electrons. The molecule has 0 N–H and O–H groups in total. The smallest absolute Gasteiger partial charge is 0.319 e. The third-order valence-corrected chi connectivity index (χ3v) is 3.74.